The summed E-state index contributed by atoms with van der Waals surface area (Å²) in [5, 5.41) is 3.55. The van der Waals surface area contributed by atoms with Crippen LogP contribution >= 0.6 is 27.7 Å². The van der Waals surface area contributed by atoms with E-state index in [9.17, 15) is 9.59 Å². The molecule has 0 aliphatic heterocycles. The number of hydrogen-bond acceptors (Lipinski definition) is 4. The lowest BCUT2D eigenvalue weighted by Crippen LogP contribution is -2.28. The fraction of sp³-hybridized carbons (Fsp3) is 0.353. The second kappa shape index (κ2) is 8.48. The maximum absolute atomic E-state index is 12.2. The summed E-state index contributed by atoms with van der Waals surface area (Å²) >= 11 is 4.88. The van der Waals surface area contributed by atoms with Gasteiger partial charge in [0.25, 0.3) is 5.56 Å². The Hall–Kier alpha value is -1.60. The number of aryl methyl sites for hydroxylation is 1. The molecule has 0 fully saturated rings. The molecule has 1 atom stereocenters. The van der Waals surface area contributed by atoms with Crippen LogP contribution in [0.5, 0.6) is 0 Å². The second-order valence-corrected chi connectivity index (χ2v) is 7.10. The fourth-order valence-electron chi connectivity index (χ4n) is 2.43. The third-order valence-corrected chi connectivity index (χ3v) is 5.05. The number of carbonyl (C=O) groups excluding carboxylic acids is 1. The van der Waals surface area contributed by atoms with Gasteiger partial charge in [-0.2, -0.15) is 0 Å². The Morgan fingerprint density at radius 3 is 2.75 bits per heavy atom. The van der Waals surface area contributed by atoms with Gasteiger partial charge in [0.15, 0.2) is 5.16 Å². The van der Waals surface area contributed by atoms with Gasteiger partial charge in [-0.15, -0.1) is 0 Å². The van der Waals surface area contributed by atoms with Crippen molar-refractivity contribution in [1.29, 1.82) is 0 Å². The normalized spacial score (nSPS) is 12.0. The first-order chi connectivity index (χ1) is 11.4. The van der Waals surface area contributed by atoms with Crippen LogP contribution < -0.4 is 10.9 Å². The molecule has 0 saturated carbocycles. The Morgan fingerprint density at radius 2 is 2.12 bits per heavy atom. The lowest BCUT2D eigenvalue weighted by atomic mass is 10.1. The molecule has 2 rings (SSSR count). The van der Waals surface area contributed by atoms with Gasteiger partial charge in [0.1, 0.15) is 0 Å². The number of thioether (sulfide) groups is 1. The maximum atomic E-state index is 12.2. The van der Waals surface area contributed by atoms with Crippen molar-refractivity contribution in [3.63, 3.8) is 0 Å². The molecule has 0 spiro atoms. The van der Waals surface area contributed by atoms with E-state index in [1.165, 1.54) is 11.8 Å². The van der Waals surface area contributed by atoms with Gasteiger partial charge in [0.05, 0.1) is 6.04 Å². The molecule has 24 heavy (non-hydrogen) atoms. The third-order valence-electron chi connectivity index (χ3n) is 3.75. The number of benzene rings is 1. The van der Waals surface area contributed by atoms with Gasteiger partial charge in [0, 0.05) is 22.2 Å². The number of aromatic amines is 1. The van der Waals surface area contributed by atoms with Crippen molar-refractivity contribution in [2.24, 2.45) is 0 Å². The van der Waals surface area contributed by atoms with Crippen molar-refractivity contribution in [1.82, 2.24) is 15.3 Å². The van der Waals surface area contributed by atoms with Crippen molar-refractivity contribution in [2.45, 2.75) is 37.9 Å². The smallest absolute Gasteiger partial charge is 0.254 e. The number of nitrogens with zero attached hydrogens (tertiary/aromatic N) is 1. The minimum atomic E-state index is -0.168. The van der Waals surface area contributed by atoms with E-state index in [-0.39, 0.29) is 23.9 Å². The maximum Gasteiger partial charge on any atom is 0.254 e. The Bertz CT molecular complexity index is 792. The molecule has 5 nitrogen and oxygen atoms in total. The highest BCUT2D eigenvalue weighted by Gasteiger charge is 2.14. The first-order valence-electron chi connectivity index (χ1n) is 7.60. The van der Waals surface area contributed by atoms with E-state index < -0.39 is 0 Å². The molecule has 0 aliphatic rings. The number of amides is 1. The zero-order valence-electron chi connectivity index (χ0n) is 13.9. The van der Waals surface area contributed by atoms with Gasteiger partial charge < -0.3 is 10.3 Å². The summed E-state index contributed by atoms with van der Waals surface area (Å²) in [6.45, 7) is 3.73. The number of rotatable bonds is 6. The molecule has 128 valence electrons. The predicted molar refractivity (Wildman–Crippen MR) is 100 cm³/mol. The number of hydrogen-bond donors (Lipinski definition) is 2. The number of nitrogens with one attached hydrogen (secondary N) is 2. The van der Waals surface area contributed by atoms with Gasteiger partial charge in [-0.05, 0) is 38.2 Å². The highest BCUT2D eigenvalue weighted by molar-refractivity contribution is 9.10. The number of carbonyl (C=O) groups is 1. The average molecular weight is 410 g/mol. The molecule has 1 aromatic heterocycles. The third kappa shape index (κ3) is 4.70. The van der Waals surface area contributed by atoms with E-state index in [2.05, 4.69) is 31.2 Å². The number of aromatic nitrogens is 2. The van der Waals surface area contributed by atoms with Crippen LogP contribution in [-0.4, -0.2) is 22.1 Å². The zero-order valence-corrected chi connectivity index (χ0v) is 16.3. The first-order valence-corrected chi connectivity index (χ1v) is 9.61. The summed E-state index contributed by atoms with van der Waals surface area (Å²) < 4.78 is 0.960. The molecule has 2 aromatic rings. The molecule has 0 bridgehead atoms. The lowest BCUT2D eigenvalue weighted by molar-refractivity contribution is -0.121. The summed E-state index contributed by atoms with van der Waals surface area (Å²) in [7, 11) is 0. The molecule has 7 heteroatoms. The second-order valence-electron chi connectivity index (χ2n) is 5.45. The van der Waals surface area contributed by atoms with Crippen LogP contribution in [0.15, 0.2) is 38.7 Å². The Kier molecular flexibility index (Phi) is 6.62. The molecule has 0 radical (unpaired) electrons. The molecule has 0 saturated heterocycles. The van der Waals surface area contributed by atoms with Crippen molar-refractivity contribution < 1.29 is 4.79 Å². The first kappa shape index (κ1) is 18.7. The van der Waals surface area contributed by atoms with E-state index >= 15 is 0 Å². The summed E-state index contributed by atoms with van der Waals surface area (Å²) in [5.74, 6) is -0.0917. The molecular formula is C17H20BrN3O2S. The Balaban J connectivity index is 1.99. The largest absolute Gasteiger partial charge is 0.350 e. The van der Waals surface area contributed by atoms with Crippen LogP contribution in [-0.2, 0) is 11.2 Å². The van der Waals surface area contributed by atoms with Crippen LogP contribution in [0.3, 0.4) is 0 Å². The van der Waals surface area contributed by atoms with Crippen molar-refractivity contribution in [2.75, 3.05) is 6.26 Å². The Morgan fingerprint density at radius 1 is 1.42 bits per heavy atom. The van der Waals surface area contributed by atoms with Gasteiger partial charge in [0.2, 0.25) is 5.91 Å². The Labute approximate surface area is 153 Å². The predicted octanol–water partition coefficient (Wildman–Crippen LogP) is 3.37. The molecule has 1 aromatic carbocycles. The van der Waals surface area contributed by atoms with Crippen LogP contribution in [0, 0.1) is 6.92 Å². The lowest BCUT2D eigenvalue weighted by Gasteiger charge is -2.16. The van der Waals surface area contributed by atoms with E-state index in [0.717, 1.165) is 10.0 Å². The number of halogens is 1. The summed E-state index contributed by atoms with van der Waals surface area (Å²) in [6.07, 6.45) is 2.48. The standard InChI is InChI=1S/C17H20BrN3O2S/c1-10(12-6-4-5-7-14(12)18)19-15(22)9-8-13-11(2)20-17(24-3)21-16(13)23/h4-7,10H,8-9H2,1-3H3,(H,19,22)(H,20,21,23). The van der Waals surface area contributed by atoms with Gasteiger partial charge in [-0.25, -0.2) is 4.98 Å². The molecular weight excluding hydrogens is 390 g/mol. The highest BCUT2D eigenvalue weighted by atomic mass is 79.9. The minimum Gasteiger partial charge on any atom is -0.350 e. The van der Waals surface area contributed by atoms with E-state index in [4.69, 9.17) is 0 Å². The highest BCUT2D eigenvalue weighted by Crippen LogP contribution is 2.22. The van der Waals surface area contributed by atoms with Crippen molar-refractivity contribution in [3.05, 3.63) is 55.9 Å². The van der Waals surface area contributed by atoms with E-state index in [1.54, 1.807) is 6.92 Å². The summed E-state index contributed by atoms with van der Waals surface area (Å²) in [4.78, 5) is 31.3. The molecule has 2 N–H and O–H groups in total. The van der Waals surface area contributed by atoms with Gasteiger partial charge >= 0.3 is 0 Å². The zero-order chi connectivity index (χ0) is 17.7. The van der Waals surface area contributed by atoms with Gasteiger partial charge in [-0.1, -0.05) is 45.9 Å². The van der Waals surface area contributed by atoms with Gasteiger partial charge in [-0.3, -0.25) is 9.59 Å². The van der Waals surface area contributed by atoms with Crippen molar-refractivity contribution in [3.8, 4) is 0 Å². The van der Waals surface area contributed by atoms with Crippen molar-refractivity contribution >= 4 is 33.6 Å². The summed E-state index contributed by atoms with van der Waals surface area (Å²) in [5.41, 5.74) is 2.09. The van der Waals surface area contributed by atoms with Crippen LogP contribution in [0.4, 0.5) is 0 Å². The molecule has 1 heterocycles. The van der Waals surface area contributed by atoms with Crippen LogP contribution in [0.2, 0.25) is 0 Å². The molecule has 0 aliphatic carbocycles. The number of H-pyrrole nitrogens is 1. The average Bonchev–Trinajstić information content (AvgIpc) is 2.54. The quantitative estimate of drug-likeness (QED) is 0.566. The molecule has 1 amide bonds. The molecule has 1 unspecified atom stereocenters. The minimum absolute atomic E-state index is 0.0917. The monoisotopic (exact) mass is 409 g/mol. The van der Waals surface area contributed by atoms with E-state index in [1.807, 2.05) is 37.4 Å². The SMILES string of the molecule is CSc1nc(C)c(CCC(=O)NC(C)c2ccccc2Br)c(=O)[nH]1. The summed E-state index contributed by atoms with van der Waals surface area (Å²) in [6, 6.07) is 7.67. The van der Waals surface area contributed by atoms with E-state index in [0.29, 0.717) is 22.8 Å². The van der Waals surface area contributed by atoms with Crippen LogP contribution in [0.25, 0.3) is 0 Å². The topological polar surface area (TPSA) is 74.8 Å². The fourth-order valence-corrected chi connectivity index (χ4v) is 3.48. The van der Waals surface area contributed by atoms with Crippen LogP contribution in [0.1, 0.15) is 36.2 Å².